The molecule has 0 aromatic heterocycles. The molecule has 80 valence electrons. The zero-order valence-corrected chi connectivity index (χ0v) is 10.1. The first-order valence-corrected chi connectivity index (χ1v) is 5.80. The Bertz CT molecular complexity index is 112. The van der Waals surface area contributed by atoms with Crippen molar-refractivity contribution in [3.63, 3.8) is 0 Å². The summed E-state index contributed by atoms with van der Waals surface area (Å²) in [5.41, 5.74) is 0. The molecule has 0 aliphatic carbocycles. The lowest BCUT2D eigenvalue weighted by Gasteiger charge is -2.25. The van der Waals surface area contributed by atoms with E-state index in [-0.39, 0.29) is 0 Å². The number of hydrogen-bond acceptors (Lipinski definition) is 1. The van der Waals surface area contributed by atoms with Gasteiger partial charge in [0.25, 0.3) is 0 Å². The molecule has 0 aliphatic rings. The molecule has 0 saturated heterocycles. The fraction of sp³-hybridized carbons (Fsp3) is 1.00. The molecule has 0 rings (SSSR count). The molecule has 2 unspecified atom stereocenters. The predicted molar refractivity (Wildman–Crippen MR) is 60.9 cm³/mol. The van der Waals surface area contributed by atoms with E-state index in [0.717, 1.165) is 24.3 Å². The van der Waals surface area contributed by atoms with E-state index < -0.39 is 0 Å². The molecular weight excluding hydrogens is 158 g/mol. The Hall–Kier alpha value is -0.0400. The van der Waals surface area contributed by atoms with Gasteiger partial charge in [-0.2, -0.15) is 0 Å². The van der Waals surface area contributed by atoms with Crippen LogP contribution in [0.15, 0.2) is 0 Å². The van der Waals surface area contributed by atoms with E-state index in [2.05, 4.69) is 33.0 Å². The molecule has 1 heteroatoms. The second-order valence-corrected chi connectivity index (χ2v) is 4.45. The van der Waals surface area contributed by atoms with E-state index in [1.807, 2.05) is 7.05 Å². The summed E-state index contributed by atoms with van der Waals surface area (Å²) in [7, 11) is 2.05. The van der Waals surface area contributed by atoms with E-state index in [0.29, 0.717) is 0 Å². The molecule has 0 bridgehead atoms. The van der Waals surface area contributed by atoms with Crippen molar-refractivity contribution >= 4 is 0 Å². The largest absolute Gasteiger partial charge is 0.319 e. The van der Waals surface area contributed by atoms with Crippen molar-refractivity contribution in [3.05, 3.63) is 0 Å². The van der Waals surface area contributed by atoms with Gasteiger partial charge in [0.05, 0.1) is 0 Å². The highest BCUT2D eigenvalue weighted by molar-refractivity contribution is 4.69. The summed E-state index contributed by atoms with van der Waals surface area (Å²) < 4.78 is 0. The molecule has 0 radical (unpaired) electrons. The molecule has 0 heterocycles. The van der Waals surface area contributed by atoms with Gasteiger partial charge in [-0.3, -0.25) is 0 Å². The van der Waals surface area contributed by atoms with Gasteiger partial charge in [0.15, 0.2) is 0 Å². The standard InChI is InChI=1S/C12H27N/c1-6-10(3)8-12(7-2)11(4)9-13-5/h10-13H,6-9H2,1-5H3/t10-,11?,12?/m0/s1. The average Bonchev–Trinajstić information content (AvgIpc) is 2.14. The van der Waals surface area contributed by atoms with Gasteiger partial charge in [0, 0.05) is 0 Å². The third kappa shape index (κ3) is 5.30. The van der Waals surface area contributed by atoms with Gasteiger partial charge >= 0.3 is 0 Å². The van der Waals surface area contributed by atoms with Crippen LogP contribution in [0, 0.1) is 17.8 Å². The number of rotatable bonds is 7. The summed E-state index contributed by atoms with van der Waals surface area (Å²) >= 11 is 0. The summed E-state index contributed by atoms with van der Waals surface area (Å²) in [4.78, 5) is 0. The highest BCUT2D eigenvalue weighted by Crippen LogP contribution is 2.24. The van der Waals surface area contributed by atoms with Crippen molar-refractivity contribution < 1.29 is 0 Å². The van der Waals surface area contributed by atoms with Crippen molar-refractivity contribution in [2.75, 3.05) is 13.6 Å². The van der Waals surface area contributed by atoms with E-state index in [1.54, 1.807) is 0 Å². The van der Waals surface area contributed by atoms with Gasteiger partial charge in [-0.25, -0.2) is 0 Å². The summed E-state index contributed by atoms with van der Waals surface area (Å²) in [6.07, 6.45) is 4.05. The van der Waals surface area contributed by atoms with Crippen molar-refractivity contribution in [1.82, 2.24) is 5.32 Å². The molecule has 1 N–H and O–H groups in total. The van der Waals surface area contributed by atoms with Crippen molar-refractivity contribution in [2.45, 2.75) is 47.0 Å². The zero-order chi connectivity index (χ0) is 10.3. The minimum atomic E-state index is 0.823. The maximum absolute atomic E-state index is 3.27. The molecule has 1 nitrogen and oxygen atoms in total. The molecule has 0 aromatic rings. The molecule has 0 spiro atoms. The van der Waals surface area contributed by atoms with Gasteiger partial charge in [-0.1, -0.05) is 40.5 Å². The van der Waals surface area contributed by atoms with Gasteiger partial charge in [0.1, 0.15) is 0 Å². The van der Waals surface area contributed by atoms with Crippen LogP contribution in [0.5, 0.6) is 0 Å². The van der Waals surface area contributed by atoms with Crippen LogP contribution < -0.4 is 5.32 Å². The third-order valence-electron chi connectivity index (χ3n) is 3.26. The van der Waals surface area contributed by atoms with Crippen LogP contribution in [0.4, 0.5) is 0 Å². The van der Waals surface area contributed by atoms with Crippen LogP contribution in [0.3, 0.4) is 0 Å². The highest BCUT2D eigenvalue weighted by atomic mass is 14.8. The predicted octanol–water partition coefficient (Wildman–Crippen LogP) is 3.30. The van der Waals surface area contributed by atoms with Crippen molar-refractivity contribution in [1.29, 1.82) is 0 Å². The molecule has 0 saturated carbocycles. The molecule has 0 aliphatic heterocycles. The Morgan fingerprint density at radius 3 is 2.08 bits per heavy atom. The quantitative estimate of drug-likeness (QED) is 0.641. The Morgan fingerprint density at radius 1 is 1.08 bits per heavy atom. The lowest BCUT2D eigenvalue weighted by atomic mass is 9.83. The summed E-state index contributed by atoms with van der Waals surface area (Å²) in [5.74, 6) is 2.62. The second-order valence-electron chi connectivity index (χ2n) is 4.45. The fourth-order valence-electron chi connectivity index (χ4n) is 1.97. The van der Waals surface area contributed by atoms with Crippen LogP contribution in [-0.4, -0.2) is 13.6 Å². The van der Waals surface area contributed by atoms with E-state index in [9.17, 15) is 0 Å². The van der Waals surface area contributed by atoms with Crippen LogP contribution in [-0.2, 0) is 0 Å². The highest BCUT2D eigenvalue weighted by Gasteiger charge is 2.16. The first kappa shape index (κ1) is 13.0. The normalized spacial score (nSPS) is 18.2. The van der Waals surface area contributed by atoms with Gasteiger partial charge in [-0.15, -0.1) is 0 Å². The zero-order valence-electron chi connectivity index (χ0n) is 10.1. The van der Waals surface area contributed by atoms with Crippen LogP contribution in [0.25, 0.3) is 0 Å². The fourth-order valence-corrected chi connectivity index (χ4v) is 1.97. The molecule has 0 fully saturated rings. The maximum Gasteiger partial charge on any atom is -0.00235 e. The minimum Gasteiger partial charge on any atom is -0.319 e. The topological polar surface area (TPSA) is 12.0 Å². The van der Waals surface area contributed by atoms with E-state index in [4.69, 9.17) is 0 Å². The summed E-state index contributed by atoms with van der Waals surface area (Å²) in [5, 5.41) is 3.27. The molecule has 3 atom stereocenters. The first-order valence-electron chi connectivity index (χ1n) is 5.80. The summed E-state index contributed by atoms with van der Waals surface area (Å²) in [6.45, 7) is 10.5. The van der Waals surface area contributed by atoms with Crippen LogP contribution in [0.1, 0.15) is 47.0 Å². The Kier molecular flexibility index (Phi) is 7.35. The smallest absolute Gasteiger partial charge is 0.00235 e. The lowest BCUT2D eigenvalue weighted by Crippen LogP contribution is -2.24. The Balaban J connectivity index is 3.86. The SMILES string of the molecule is CCC(C[C@@H](C)CC)C(C)CNC. The second kappa shape index (κ2) is 7.37. The minimum absolute atomic E-state index is 0.823. The van der Waals surface area contributed by atoms with Gasteiger partial charge < -0.3 is 5.32 Å². The average molecular weight is 185 g/mol. The maximum atomic E-state index is 3.27. The van der Waals surface area contributed by atoms with Gasteiger partial charge in [-0.05, 0) is 37.8 Å². The van der Waals surface area contributed by atoms with Crippen molar-refractivity contribution in [2.24, 2.45) is 17.8 Å². The summed E-state index contributed by atoms with van der Waals surface area (Å²) in [6, 6.07) is 0. The first-order chi connectivity index (χ1) is 6.15. The van der Waals surface area contributed by atoms with Crippen LogP contribution in [0.2, 0.25) is 0 Å². The molecule has 0 aromatic carbocycles. The van der Waals surface area contributed by atoms with Crippen LogP contribution >= 0.6 is 0 Å². The lowest BCUT2D eigenvalue weighted by molar-refractivity contribution is 0.275. The van der Waals surface area contributed by atoms with E-state index in [1.165, 1.54) is 19.3 Å². The third-order valence-corrected chi connectivity index (χ3v) is 3.26. The van der Waals surface area contributed by atoms with Crippen molar-refractivity contribution in [3.8, 4) is 0 Å². The molecule has 0 amide bonds. The van der Waals surface area contributed by atoms with E-state index >= 15 is 0 Å². The number of nitrogens with one attached hydrogen (secondary N) is 1. The number of hydrogen-bond donors (Lipinski definition) is 1. The monoisotopic (exact) mass is 185 g/mol. The van der Waals surface area contributed by atoms with Gasteiger partial charge in [0.2, 0.25) is 0 Å². The Labute approximate surface area is 84.3 Å². The molecular formula is C12H27N. The Morgan fingerprint density at radius 2 is 1.69 bits per heavy atom. The molecule has 13 heavy (non-hydrogen) atoms.